The van der Waals surface area contributed by atoms with Crippen molar-refractivity contribution < 1.29 is 18.5 Å². The normalized spacial score (nSPS) is 13.4. The lowest BCUT2D eigenvalue weighted by molar-refractivity contribution is -0.139. The molecule has 1 N–H and O–H groups in total. The summed E-state index contributed by atoms with van der Waals surface area (Å²) >= 11 is 3.36. The van der Waals surface area contributed by atoms with E-state index < -0.39 is 0 Å². The Hall–Kier alpha value is -1.54. The Bertz CT molecular complexity index is 1050. The van der Waals surface area contributed by atoms with Crippen molar-refractivity contribution in [1.29, 1.82) is 0 Å². The minimum Gasteiger partial charge on any atom is -0.491 e. The molecule has 0 amide bonds. The molecule has 5 nitrogen and oxygen atoms in total. The first-order valence-electron chi connectivity index (χ1n) is 13.6. The van der Waals surface area contributed by atoms with Crippen molar-refractivity contribution in [3.05, 3.63) is 50.7 Å². The van der Waals surface area contributed by atoms with Gasteiger partial charge in [0.1, 0.15) is 18.5 Å². The number of carbonyl (C=O) groups is 1. The van der Waals surface area contributed by atoms with Crippen molar-refractivity contribution in [1.82, 2.24) is 5.32 Å². The second-order valence-corrected chi connectivity index (χ2v) is 14.8. The molecule has 0 fully saturated rings. The molecule has 0 aliphatic carbocycles. The third kappa shape index (κ3) is 8.73. The van der Waals surface area contributed by atoms with Gasteiger partial charge in [-0.05, 0) is 93.7 Å². The van der Waals surface area contributed by atoms with Gasteiger partial charge in [-0.2, -0.15) is 0 Å². The lowest BCUT2D eigenvalue weighted by Crippen LogP contribution is -2.34. The Morgan fingerprint density at radius 1 is 1.03 bits per heavy atom. The van der Waals surface area contributed by atoms with E-state index in [-0.39, 0.29) is 34.2 Å². The van der Waals surface area contributed by atoms with E-state index in [1.54, 1.807) is 0 Å². The third-order valence-corrected chi connectivity index (χ3v) is 9.25. The summed E-state index contributed by atoms with van der Waals surface area (Å²) in [7, 11) is 1.41. The quantitative estimate of drug-likeness (QED) is 0.197. The molecule has 0 aliphatic heterocycles. The maximum Gasteiger partial charge on any atom is 0.319 e. The number of nitrogens with one attached hydrogen (secondary N) is 1. The highest BCUT2D eigenvalue weighted by molar-refractivity contribution is 7.96. The van der Waals surface area contributed by atoms with Gasteiger partial charge < -0.3 is 19.0 Å². The molecule has 1 heterocycles. The summed E-state index contributed by atoms with van der Waals surface area (Å²) in [4.78, 5) is 14.1. The van der Waals surface area contributed by atoms with Gasteiger partial charge in [0.15, 0.2) is 0 Å². The predicted octanol–water partition coefficient (Wildman–Crippen LogP) is 7.99. The monoisotopic (exact) mass is 563 g/mol. The van der Waals surface area contributed by atoms with E-state index >= 15 is 0 Å². The average molecular weight is 564 g/mol. The van der Waals surface area contributed by atoms with Crippen LogP contribution in [0, 0.1) is 19.3 Å². The molecule has 38 heavy (non-hydrogen) atoms. The summed E-state index contributed by atoms with van der Waals surface area (Å²) in [6.07, 6.45) is 1.97. The molecule has 0 saturated heterocycles. The van der Waals surface area contributed by atoms with Gasteiger partial charge in [0.25, 0.3) is 0 Å². The van der Waals surface area contributed by atoms with Crippen molar-refractivity contribution >= 4 is 29.3 Å². The number of methoxy groups -OCH3 is 1. The van der Waals surface area contributed by atoms with Gasteiger partial charge in [-0.3, -0.25) is 4.79 Å². The average Bonchev–Trinajstić information content (AvgIpc) is 3.20. The molecule has 2 aromatic rings. The van der Waals surface area contributed by atoms with Gasteiger partial charge in [0, 0.05) is 26.5 Å². The van der Waals surface area contributed by atoms with Crippen LogP contribution >= 0.6 is 23.4 Å². The molecule has 0 saturated carbocycles. The van der Waals surface area contributed by atoms with Gasteiger partial charge in [0.2, 0.25) is 0 Å². The number of esters is 1. The lowest BCUT2D eigenvalue weighted by atomic mass is 9.74. The number of thiophene rings is 1. The van der Waals surface area contributed by atoms with Gasteiger partial charge in [-0.25, -0.2) is 0 Å². The fraction of sp³-hybridized carbons (Fsp3) is 0.645. The van der Waals surface area contributed by atoms with Crippen molar-refractivity contribution in [2.24, 2.45) is 5.41 Å². The van der Waals surface area contributed by atoms with E-state index in [0.717, 1.165) is 24.2 Å². The number of rotatable bonds is 13. The van der Waals surface area contributed by atoms with Crippen LogP contribution in [0.4, 0.5) is 0 Å². The highest BCUT2D eigenvalue weighted by atomic mass is 32.2. The minimum atomic E-state index is -0.248. The van der Waals surface area contributed by atoms with E-state index in [1.165, 1.54) is 40.0 Å². The molecule has 0 spiro atoms. The van der Waals surface area contributed by atoms with Crippen LogP contribution in [0.15, 0.2) is 24.3 Å². The Labute approximate surface area is 239 Å². The van der Waals surface area contributed by atoms with Gasteiger partial charge >= 0.3 is 5.97 Å². The zero-order chi connectivity index (χ0) is 28.7. The van der Waals surface area contributed by atoms with Gasteiger partial charge in [0.05, 0.1) is 13.7 Å². The molecule has 0 bridgehead atoms. The topological polar surface area (TPSA) is 56.8 Å². The molecular formula is C31H49NO4S2. The summed E-state index contributed by atoms with van der Waals surface area (Å²) in [6.45, 7) is 23.3. The van der Waals surface area contributed by atoms with E-state index in [0.29, 0.717) is 13.2 Å². The number of hydrogen-bond acceptors (Lipinski definition) is 7. The van der Waals surface area contributed by atoms with Crippen LogP contribution in [0.25, 0.3) is 0 Å². The first-order chi connectivity index (χ1) is 17.7. The summed E-state index contributed by atoms with van der Waals surface area (Å²) in [5.41, 5.74) is 3.60. The molecule has 1 aromatic carbocycles. The Morgan fingerprint density at radius 2 is 1.68 bits per heavy atom. The molecule has 214 valence electrons. The van der Waals surface area contributed by atoms with Crippen LogP contribution in [0.3, 0.4) is 0 Å². The molecule has 7 heteroatoms. The second kappa shape index (κ2) is 13.7. The number of benzene rings is 1. The Kier molecular flexibility index (Phi) is 11.8. The number of carbonyl (C=O) groups excluding carboxylic acids is 1. The SMILES string of the molecule is CCC(CC)(c1ccc(OCC(OSC(C)(C)C)C(C)(C)C)c(C)c1)c1cc(C)c(CNCC(=O)OC)s1. The van der Waals surface area contributed by atoms with Crippen LogP contribution in [0.5, 0.6) is 5.75 Å². The molecule has 2 rings (SSSR count). The second-order valence-electron chi connectivity index (χ2n) is 12.1. The summed E-state index contributed by atoms with van der Waals surface area (Å²) < 4.78 is 17.3. The minimum absolute atomic E-state index is 0.0299. The lowest BCUT2D eigenvalue weighted by Gasteiger charge is -2.33. The molecular weight excluding hydrogens is 514 g/mol. The summed E-state index contributed by atoms with van der Waals surface area (Å²) in [6, 6.07) is 8.98. The summed E-state index contributed by atoms with van der Waals surface area (Å²) in [5.74, 6) is 0.658. The summed E-state index contributed by atoms with van der Waals surface area (Å²) in [5, 5.41) is 3.21. The van der Waals surface area contributed by atoms with Crippen LogP contribution in [-0.2, 0) is 25.7 Å². The molecule has 1 atom stereocenters. The fourth-order valence-corrected chi connectivity index (χ4v) is 6.58. The largest absolute Gasteiger partial charge is 0.491 e. The Balaban J connectivity index is 2.25. The number of hydrogen-bond donors (Lipinski definition) is 1. The van der Waals surface area contributed by atoms with Crippen LogP contribution in [-0.4, -0.2) is 37.1 Å². The van der Waals surface area contributed by atoms with Crippen LogP contribution < -0.4 is 10.1 Å². The predicted molar refractivity (Wildman–Crippen MR) is 162 cm³/mol. The first kappa shape index (κ1) is 32.7. The molecule has 1 aromatic heterocycles. The van der Waals surface area contributed by atoms with Crippen molar-refractivity contribution in [2.45, 2.75) is 105 Å². The van der Waals surface area contributed by atoms with Crippen molar-refractivity contribution in [2.75, 3.05) is 20.3 Å². The van der Waals surface area contributed by atoms with E-state index in [4.69, 9.17) is 13.7 Å². The zero-order valence-electron chi connectivity index (χ0n) is 25.4. The molecule has 0 radical (unpaired) electrons. The highest BCUT2D eigenvalue weighted by Crippen LogP contribution is 2.44. The van der Waals surface area contributed by atoms with E-state index in [9.17, 15) is 4.79 Å². The van der Waals surface area contributed by atoms with Crippen LogP contribution in [0.1, 0.15) is 94.7 Å². The maximum atomic E-state index is 11.5. The van der Waals surface area contributed by atoms with Gasteiger partial charge in [-0.15, -0.1) is 11.3 Å². The van der Waals surface area contributed by atoms with Crippen molar-refractivity contribution in [3.63, 3.8) is 0 Å². The molecule has 0 aliphatic rings. The standard InChI is InChI=1S/C31H49NO4S2/c1-12-31(13-2,27-17-22(4)25(37-27)18-32-19-28(33)34-11)23-14-15-24(21(3)16-23)35-20-26(29(5,6)7)36-38-30(8,9)10/h14-17,26,32H,12-13,18-20H2,1-11H3. The Morgan fingerprint density at radius 3 is 2.21 bits per heavy atom. The number of ether oxygens (including phenoxy) is 2. The first-order valence-corrected chi connectivity index (χ1v) is 15.2. The number of aryl methyl sites for hydroxylation is 2. The third-order valence-electron chi connectivity index (χ3n) is 6.98. The van der Waals surface area contributed by atoms with E-state index in [2.05, 4.69) is 98.8 Å². The maximum absolute atomic E-state index is 11.5. The van der Waals surface area contributed by atoms with Crippen LogP contribution in [0.2, 0.25) is 0 Å². The fourth-order valence-electron chi connectivity index (χ4n) is 4.33. The zero-order valence-corrected chi connectivity index (χ0v) is 27.0. The smallest absolute Gasteiger partial charge is 0.319 e. The van der Waals surface area contributed by atoms with E-state index in [1.807, 2.05) is 11.3 Å². The molecule has 1 unspecified atom stereocenters. The highest BCUT2D eigenvalue weighted by Gasteiger charge is 2.34. The van der Waals surface area contributed by atoms with Crippen molar-refractivity contribution in [3.8, 4) is 5.75 Å². The van der Waals surface area contributed by atoms with Gasteiger partial charge in [-0.1, -0.05) is 46.8 Å².